The van der Waals surface area contributed by atoms with Gasteiger partial charge in [-0.25, -0.2) is 0 Å². The summed E-state index contributed by atoms with van der Waals surface area (Å²) in [4.78, 5) is 12.0. The molecule has 4 heteroatoms. The molecule has 2 heterocycles. The summed E-state index contributed by atoms with van der Waals surface area (Å²) in [5, 5.41) is 6.10. The molecule has 0 spiro atoms. The van der Waals surface area contributed by atoms with Crippen LogP contribution < -0.4 is 10.9 Å². The summed E-state index contributed by atoms with van der Waals surface area (Å²) < 4.78 is 2.84. The Kier molecular flexibility index (Phi) is 3.41. The molecular weight excluding hydrogens is 220 g/mol. The number of nitrogens with zero attached hydrogens (tertiary/aromatic N) is 1. The van der Waals surface area contributed by atoms with Crippen LogP contribution in [0.25, 0.3) is 10.1 Å². The number of rotatable bonds is 4. The van der Waals surface area contributed by atoms with E-state index in [1.807, 2.05) is 23.7 Å². The van der Waals surface area contributed by atoms with Crippen molar-refractivity contribution in [3.63, 3.8) is 0 Å². The van der Waals surface area contributed by atoms with Crippen LogP contribution in [0.5, 0.6) is 0 Å². The molecule has 86 valence electrons. The second-order valence-electron chi connectivity index (χ2n) is 4.12. The fourth-order valence-electron chi connectivity index (χ4n) is 1.66. The Morgan fingerprint density at radius 2 is 2.25 bits per heavy atom. The van der Waals surface area contributed by atoms with Crippen LogP contribution in [0.1, 0.15) is 13.8 Å². The normalized spacial score (nSPS) is 11.4. The van der Waals surface area contributed by atoms with Gasteiger partial charge in [-0.3, -0.25) is 4.79 Å². The maximum atomic E-state index is 12.0. The van der Waals surface area contributed by atoms with E-state index < -0.39 is 0 Å². The van der Waals surface area contributed by atoms with E-state index in [0.29, 0.717) is 6.04 Å². The largest absolute Gasteiger partial charge is 0.314 e. The van der Waals surface area contributed by atoms with Crippen LogP contribution in [0.3, 0.4) is 0 Å². The third-order valence-electron chi connectivity index (χ3n) is 2.50. The zero-order valence-corrected chi connectivity index (χ0v) is 10.4. The predicted octanol–water partition coefficient (Wildman–Crippen LogP) is 2.06. The second-order valence-corrected chi connectivity index (χ2v) is 5.07. The van der Waals surface area contributed by atoms with Gasteiger partial charge in [-0.2, -0.15) is 0 Å². The Labute approximate surface area is 98.7 Å². The minimum Gasteiger partial charge on any atom is -0.314 e. The second kappa shape index (κ2) is 4.80. The average Bonchev–Trinajstić information content (AvgIpc) is 2.69. The molecule has 2 aromatic heterocycles. The summed E-state index contributed by atoms with van der Waals surface area (Å²) in [6.45, 7) is 5.76. The molecule has 0 aliphatic rings. The summed E-state index contributed by atoms with van der Waals surface area (Å²) in [5.74, 6) is 0. The minimum atomic E-state index is 0.115. The Morgan fingerprint density at radius 1 is 1.44 bits per heavy atom. The third kappa shape index (κ3) is 2.33. The van der Waals surface area contributed by atoms with E-state index in [1.165, 1.54) is 0 Å². The molecule has 0 radical (unpaired) electrons. The van der Waals surface area contributed by atoms with E-state index in [4.69, 9.17) is 0 Å². The number of aromatic nitrogens is 1. The molecule has 0 aromatic carbocycles. The van der Waals surface area contributed by atoms with Crippen molar-refractivity contribution in [3.8, 4) is 0 Å². The number of thiophene rings is 1. The van der Waals surface area contributed by atoms with Gasteiger partial charge in [-0.1, -0.05) is 13.8 Å². The summed E-state index contributed by atoms with van der Waals surface area (Å²) in [5.41, 5.74) is 0.115. The van der Waals surface area contributed by atoms with Crippen molar-refractivity contribution in [2.75, 3.05) is 6.54 Å². The molecule has 0 unspecified atom stereocenters. The fourth-order valence-corrected chi connectivity index (χ4v) is 2.43. The molecule has 0 bridgehead atoms. The van der Waals surface area contributed by atoms with Crippen molar-refractivity contribution in [1.29, 1.82) is 0 Å². The minimum absolute atomic E-state index is 0.115. The average molecular weight is 236 g/mol. The monoisotopic (exact) mass is 236 g/mol. The van der Waals surface area contributed by atoms with Gasteiger partial charge in [-0.15, -0.1) is 11.3 Å². The van der Waals surface area contributed by atoms with Crippen molar-refractivity contribution in [3.05, 3.63) is 34.1 Å². The van der Waals surface area contributed by atoms with Gasteiger partial charge in [0.2, 0.25) is 0 Å². The molecule has 0 aliphatic carbocycles. The highest BCUT2D eigenvalue weighted by molar-refractivity contribution is 7.17. The Balaban J connectivity index is 2.18. The molecule has 0 saturated carbocycles. The third-order valence-corrected chi connectivity index (χ3v) is 3.38. The van der Waals surface area contributed by atoms with Crippen LogP contribution in [-0.2, 0) is 6.54 Å². The van der Waals surface area contributed by atoms with E-state index in [9.17, 15) is 4.79 Å². The Morgan fingerprint density at radius 3 is 3.00 bits per heavy atom. The van der Waals surface area contributed by atoms with E-state index in [2.05, 4.69) is 19.2 Å². The van der Waals surface area contributed by atoms with E-state index in [1.54, 1.807) is 15.9 Å². The molecule has 0 aliphatic heterocycles. The highest BCUT2D eigenvalue weighted by atomic mass is 32.1. The van der Waals surface area contributed by atoms with E-state index >= 15 is 0 Å². The number of hydrogen-bond donors (Lipinski definition) is 1. The van der Waals surface area contributed by atoms with Crippen molar-refractivity contribution in [2.45, 2.75) is 26.4 Å². The molecule has 2 rings (SSSR count). The number of fused-ring (bicyclic) bond motifs is 1. The topological polar surface area (TPSA) is 34.0 Å². The smallest absolute Gasteiger partial charge is 0.259 e. The quantitative estimate of drug-likeness (QED) is 0.881. The Hall–Kier alpha value is -1.13. The summed E-state index contributed by atoms with van der Waals surface area (Å²) >= 11 is 1.61. The zero-order chi connectivity index (χ0) is 11.5. The molecule has 1 N–H and O–H groups in total. The SMILES string of the molecule is CC(C)NCCn1ccc2sccc2c1=O. The first kappa shape index (κ1) is 11.4. The molecular formula is C12H16N2OS. The highest BCUT2D eigenvalue weighted by Crippen LogP contribution is 2.15. The molecule has 3 nitrogen and oxygen atoms in total. The summed E-state index contributed by atoms with van der Waals surface area (Å²) in [7, 11) is 0. The van der Waals surface area contributed by atoms with Crippen LogP contribution in [0, 0.1) is 0 Å². The van der Waals surface area contributed by atoms with Gasteiger partial charge in [0.1, 0.15) is 0 Å². The first-order valence-corrected chi connectivity index (χ1v) is 6.36. The Bertz CT molecular complexity index is 527. The van der Waals surface area contributed by atoms with Gasteiger partial charge in [-0.05, 0) is 17.5 Å². The van der Waals surface area contributed by atoms with Gasteiger partial charge in [0.15, 0.2) is 0 Å². The van der Waals surface area contributed by atoms with Gasteiger partial charge in [0.05, 0.1) is 5.39 Å². The first-order chi connectivity index (χ1) is 7.68. The molecule has 0 saturated heterocycles. The van der Waals surface area contributed by atoms with Crippen molar-refractivity contribution in [2.24, 2.45) is 0 Å². The number of pyridine rings is 1. The molecule has 16 heavy (non-hydrogen) atoms. The maximum absolute atomic E-state index is 12.0. The number of hydrogen-bond acceptors (Lipinski definition) is 3. The molecule has 2 aromatic rings. The molecule has 0 atom stereocenters. The van der Waals surface area contributed by atoms with Crippen molar-refractivity contribution in [1.82, 2.24) is 9.88 Å². The predicted molar refractivity (Wildman–Crippen MR) is 69.2 cm³/mol. The summed E-state index contributed by atoms with van der Waals surface area (Å²) in [6.07, 6.45) is 1.88. The lowest BCUT2D eigenvalue weighted by molar-refractivity contribution is 0.535. The van der Waals surface area contributed by atoms with Crippen LogP contribution in [-0.4, -0.2) is 17.2 Å². The van der Waals surface area contributed by atoms with E-state index in [0.717, 1.165) is 23.2 Å². The van der Waals surface area contributed by atoms with Gasteiger partial charge < -0.3 is 9.88 Å². The van der Waals surface area contributed by atoms with Crippen molar-refractivity contribution < 1.29 is 0 Å². The summed E-state index contributed by atoms with van der Waals surface area (Å²) in [6, 6.07) is 4.37. The lowest BCUT2D eigenvalue weighted by Crippen LogP contribution is -2.30. The maximum Gasteiger partial charge on any atom is 0.259 e. The molecule has 0 fully saturated rings. The lowest BCUT2D eigenvalue weighted by atomic mass is 10.3. The van der Waals surface area contributed by atoms with Crippen LogP contribution in [0.15, 0.2) is 28.5 Å². The van der Waals surface area contributed by atoms with Crippen LogP contribution in [0.2, 0.25) is 0 Å². The molecule has 0 amide bonds. The first-order valence-electron chi connectivity index (χ1n) is 5.48. The fraction of sp³-hybridized carbons (Fsp3) is 0.417. The highest BCUT2D eigenvalue weighted by Gasteiger charge is 2.03. The van der Waals surface area contributed by atoms with Gasteiger partial charge >= 0.3 is 0 Å². The van der Waals surface area contributed by atoms with Gasteiger partial charge in [0, 0.05) is 30.0 Å². The van der Waals surface area contributed by atoms with Gasteiger partial charge in [0.25, 0.3) is 5.56 Å². The van der Waals surface area contributed by atoms with Crippen molar-refractivity contribution >= 4 is 21.4 Å². The number of nitrogens with one attached hydrogen (secondary N) is 1. The van der Waals surface area contributed by atoms with E-state index in [-0.39, 0.29) is 5.56 Å². The lowest BCUT2D eigenvalue weighted by Gasteiger charge is -2.09. The zero-order valence-electron chi connectivity index (χ0n) is 9.56. The van der Waals surface area contributed by atoms with Crippen LogP contribution in [0.4, 0.5) is 0 Å². The van der Waals surface area contributed by atoms with Crippen LogP contribution >= 0.6 is 11.3 Å². The standard InChI is InChI=1S/C12H16N2OS/c1-9(2)13-5-7-14-6-3-11-10(12(14)15)4-8-16-11/h3-4,6,8-9,13H,5,7H2,1-2H3.